The Balaban J connectivity index is 2.37. The molecule has 0 bridgehead atoms. The molecule has 0 spiro atoms. The van der Waals surface area contributed by atoms with E-state index >= 15 is 0 Å². The molecule has 1 aliphatic rings. The molecule has 1 aliphatic heterocycles. The molecule has 1 aromatic heterocycles. The van der Waals surface area contributed by atoms with Crippen molar-refractivity contribution in [2.45, 2.75) is 46.3 Å². The van der Waals surface area contributed by atoms with Crippen LogP contribution in [0.1, 0.15) is 50.0 Å². The van der Waals surface area contributed by atoms with E-state index in [1.165, 1.54) is 0 Å². The summed E-state index contributed by atoms with van der Waals surface area (Å²) in [6.45, 7) is 8.92. The number of nitrogens with one attached hydrogen (secondary N) is 1. The van der Waals surface area contributed by atoms with Crippen LogP contribution in [0, 0.1) is 5.92 Å². The average molecular weight is 419 g/mol. The van der Waals surface area contributed by atoms with Gasteiger partial charge >= 0.3 is 6.03 Å². The third-order valence-electron chi connectivity index (χ3n) is 5.23. The summed E-state index contributed by atoms with van der Waals surface area (Å²) in [6, 6.07) is 1.25. The number of amides is 3. The summed E-state index contributed by atoms with van der Waals surface area (Å²) >= 11 is 0. The molecule has 0 aliphatic carbocycles. The van der Waals surface area contributed by atoms with E-state index in [0.29, 0.717) is 25.2 Å². The van der Waals surface area contributed by atoms with Crippen molar-refractivity contribution in [2.24, 2.45) is 5.92 Å². The van der Waals surface area contributed by atoms with Gasteiger partial charge in [-0.2, -0.15) is 0 Å². The van der Waals surface area contributed by atoms with Crippen LogP contribution in [-0.2, 0) is 0 Å². The molecule has 0 unspecified atom stereocenters. The molecule has 2 N–H and O–H groups in total. The van der Waals surface area contributed by atoms with Crippen LogP contribution < -0.4 is 10.1 Å². The van der Waals surface area contributed by atoms with E-state index in [2.05, 4.69) is 10.3 Å². The Morgan fingerprint density at radius 2 is 2.27 bits per heavy atom. The van der Waals surface area contributed by atoms with Crippen LogP contribution in [0.3, 0.4) is 0 Å². The number of hydrogen-bond acceptors (Lipinski definition) is 5. The van der Waals surface area contributed by atoms with E-state index in [1.54, 1.807) is 29.1 Å². The number of likely N-dealkylation sites (N-methyl/N-ethyl adjacent to an activating group) is 1. The van der Waals surface area contributed by atoms with Crippen LogP contribution in [0.15, 0.2) is 18.3 Å². The van der Waals surface area contributed by atoms with Gasteiger partial charge in [0.2, 0.25) is 5.88 Å². The maximum absolute atomic E-state index is 13.2. The maximum Gasteiger partial charge on any atom is 0.317 e. The van der Waals surface area contributed by atoms with Gasteiger partial charge in [0.25, 0.3) is 5.91 Å². The number of aromatic nitrogens is 1. The summed E-state index contributed by atoms with van der Waals surface area (Å²) in [7, 11) is 1.72. The van der Waals surface area contributed by atoms with Crippen LogP contribution in [-0.4, -0.2) is 77.3 Å². The van der Waals surface area contributed by atoms with Crippen molar-refractivity contribution < 1.29 is 19.4 Å². The third kappa shape index (κ3) is 5.72. The van der Waals surface area contributed by atoms with Crippen molar-refractivity contribution in [3.8, 4) is 5.88 Å². The smallest absolute Gasteiger partial charge is 0.317 e. The minimum Gasteiger partial charge on any atom is -0.472 e. The number of pyridine rings is 1. The first-order valence-electron chi connectivity index (χ1n) is 10.5. The van der Waals surface area contributed by atoms with Crippen molar-refractivity contribution >= 4 is 18.0 Å². The van der Waals surface area contributed by atoms with Crippen molar-refractivity contribution in [3.63, 3.8) is 0 Å². The van der Waals surface area contributed by atoms with Crippen molar-refractivity contribution in [3.05, 3.63) is 29.5 Å². The number of rotatable bonds is 7. The first kappa shape index (κ1) is 23.7. The van der Waals surface area contributed by atoms with Gasteiger partial charge < -0.3 is 25.0 Å². The molecular weight excluding hydrogens is 384 g/mol. The lowest BCUT2D eigenvalue weighted by atomic mass is 10.00. The summed E-state index contributed by atoms with van der Waals surface area (Å²) in [4.78, 5) is 33.2. The second kappa shape index (κ2) is 11.0. The summed E-state index contributed by atoms with van der Waals surface area (Å²) < 4.78 is 6.17. The van der Waals surface area contributed by atoms with Gasteiger partial charge in [0.1, 0.15) is 11.7 Å². The number of hydrogen-bond donors (Lipinski definition) is 2. The fraction of sp³-hybridized carbons (Fsp3) is 0.591. The van der Waals surface area contributed by atoms with Crippen LogP contribution in [0.25, 0.3) is 6.08 Å². The van der Waals surface area contributed by atoms with E-state index in [4.69, 9.17) is 4.74 Å². The molecule has 2 heterocycles. The fourth-order valence-corrected chi connectivity index (χ4v) is 3.34. The Bertz CT molecular complexity index is 768. The highest BCUT2D eigenvalue weighted by Gasteiger charge is 2.34. The maximum atomic E-state index is 13.2. The van der Waals surface area contributed by atoms with E-state index in [1.807, 2.05) is 39.8 Å². The van der Waals surface area contributed by atoms with Gasteiger partial charge in [-0.25, -0.2) is 9.78 Å². The molecule has 0 aromatic carbocycles. The molecule has 2 rings (SSSR count). The standard InChI is InChI=1S/C22H34N4O4/c1-6-8-17-10-18-20(24-11-17)30-19(13-25(5)22(29)23-9-7-2)15(3)12-26(21(18)28)16(4)14-27/h6,8,10-11,15-16,19,27H,7,9,12-14H2,1-5H3,(H,23,29)/b8-6+/t15-,16+,19-/m0/s1. The SMILES string of the molecule is C/C=C/c1cnc2c(c1)C(=O)N([C@H](C)CO)C[C@H](C)[C@H](CN(C)C(=O)NCCC)O2. The normalized spacial score (nSPS) is 20.2. The number of allylic oxidation sites excluding steroid dienone is 1. The summed E-state index contributed by atoms with van der Waals surface area (Å²) in [5, 5.41) is 12.6. The van der Waals surface area contributed by atoms with Crippen LogP contribution >= 0.6 is 0 Å². The Hall–Kier alpha value is -2.61. The van der Waals surface area contributed by atoms with E-state index < -0.39 is 0 Å². The quantitative estimate of drug-likeness (QED) is 0.709. The van der Waals surface area contributed by atoms with Gasteiger partial charge in [-0.15, -0.1) is 0 Å². The monoisotopic (exact) mass is 418 g/mol. The molecule has 30 heavy (non-hydrogen) atoms. The number of urea groups is 1. The topological polar surface area (TPSA) is 95.0 Å². The van der Waals surface area contributed by atoms with Crippen LogP contribution in [0.2, 0.25) is 0 Å². The number of aliphatic hydroxyl groups excluding tert-OH is 1. The van der Waals surface area contributed by atoms with E-state index in [0.717, 1.165) is 12.0 Å². The molecule has 0 saturated carbocycles. The van der Waals surface area contributed by atoms with Gasteiger partial charge in [-0.3, -0.25) is 4.79 Å². The van der Waals surface area contributed by atoms with Gasteiger partial charge in [0.15, 0.2) is 0 Å². The predicted molar refractivity (Wildman–Crippen MR) is 116 cm³/mol. The first-order valence-corrected chi connectivity index (χ1v) is 10.5. The van der Waals surface area contributed by atoms with E-state index in [-0.39, 0.29) is 42.5 Å². The third-order valence-corrected chi connectivity index (χ3v) is 5.23. The molecule has 166 valence electrons. The zero-order chi connectivity index (χ0) is 22.3. The molecule has 8 nitrogen and oxygen atoms in total. The second-order valence-electron chi connectivity index (χ2n) is 7.86. The summed E-state index contributed by atoms with van der Waals surface area (Å²) in [5.74, 6) is -0.0402. The molecule has 0 radical (unpaired) electrons. The zero-order valence-electron chi connectivity index (χ0n) is 18.6. The number of ether oxygens (including phenoxy) is 1. The predicted octanol–water partition coefficient (Wildman–Crippen LogP) is 2.39. The van der Waals surface area contributed by atoms with Crippen molar-refractivity contribution in [2.75, 3.05) is 33.3 Å². The largest absolute Gasteiger partial charge is 0.472 e. The van der Waals surface area contributed by atoms with Crippen LogP contribution in [0.5, 0.6) is 5.88 Å². The lowest BCUT2D eigenvalue weighted by molar-refractivity contribution is 0.0352. The Morgan fingerprint density at radius 1 is 1.53 bits per heavy atom. The Morgan fingerprint density at radius 3 is 2.90 bits per heavy atom. The number of nitrogens with zero attached hydrogens (tertiary/aromatic N) is 3. The number of aliphatic hydroxyl groups is 1. The van der Waals surface area contributed by atoms with Crippen molar-refractivity contribution in [1.82, 2.24) is 20.1 Å². The molecule has 0 saturated heterocycles. The highest BCUT2D eigenvalue weighted by atomic mass is 16.5. The Kier molecular flexibility index (Phi) is 8.65. The van der Waals surface area contributed by atoms with E-state index in [9.17, 15) is 14.7 Å². The lowest BCUT2D eigenvalue weighted by Gasteiger charge is -2.37. The van der Waals surface area contributed by atoms with Crippen molar-refractivity contribution in [1.29, 1.82) is 0 Å². The molecule has 3 atom stereocenters. The minimum absolute atomic E-state index is 0.0745. The zero-order valence-corrected chi connectivity index (χ0v) is 18.6. The molecule has 1 aromatic rings. The molecule has 3 amide bonds. The number of carbonyl (C=O) groups is 2. The Labute approximate surface area is 178 Å². The van der Waals surface area contributed by atoms with Crippen LogP contribution in [0.4, 0.5) is 4.79 Å². The average Bonchev–Trinajstić information content (AvgIpc) is 2.74. The first-order chi connectivity index (χ1) is 14.3. The lowest BCUT2D eigenvalue weighted by Crippen LogP contribution is -2.51. The van der Waals surface area contributed by atoms with Gasteiger partial charge in [-0.05, 0) is 31.9 Å². The minimum atomic E-state index is -0.359. The molecular formula is C22H34N4O4. The molecule has 0 fully saturated rings. The highest BCUT2D eigenvalue weighted by Crippen LogP contribution is 2.27. The summed E-state index contributed by atoms with van der Waals surface area (Å²) in [5.41, 5.74) is 1.16. The van der Waals surface area contributed by atoms with Gasteiger partial charge in [0.05, 0.1) is 19.2 Å². The summed E-state index contributed by atoms with van der Waals surface area (Å²) in [6.07, 6.45) is 5.90. The van der Waals surface area contributed by atoms with Gasteiger partial charge in [0, 0.05) is 32.3 Å². The number of fused-ring (bicyclic) bond motifs is 1. The number of carbonyl (C=O) groups excluding carboxylic acids is 2. The highest BCUT2D eigenvalue weighted by molar-refractivity contribution is 5.97. The second-order valence-corrected chi connectivity index (χ2v) is 7.86. The van der Waals surface area contributed by atoms with Gasteiger partial charge in [-0.1, -0.05) is 26.0 Å². The fourth-order valence-electron chi connectivity index (χ4n) is 3.34. The molecule has 8 heteroatoms.